The van der Waals surface area contributed by atoms with Gasteiger partial charge in [0, 0.05) is 17.0 Å². The number of nitrogens with zero attached hydrogens (tertiary/aromatic N) is 2. The normalized spacial score (nSPS) is 11.0. The van der Waals surface area contributed by atoms with Gasteiger partial charge >= 0.3 is 0 Å². The van der Waals surface area contributed by atoms with E-state index in [0.717, 1.165) is 39.1 Å². The molecule has 3 heterocycles. The molecule has 3 aromatic heterocycles. The van der Waals surface area contributed by atoms with Crippen LogP contribution < -0.4 is 15.8 Å². The highest BCUT2D eigenvalue weighted by Crippen LogP contribution is 2.41. The third kappa shape index (κ3) is 3.99. The van der Waals surface area contributed by atoms with Crippen LogP contribution in [0.5, 0.6) is 5.75 Å². The highest BCUT2D eigenvalue weighted by atomic mass is 32.1. The number of pyridine rings is 1. The van der Waals surface area contributed by atoms with E-state index in [4.69, 9.17) is 20.0 Å². The first kappa shape index (κ1) is 21.7. The average molecular weight is 471 g/mol. The number of hydrogen-bond donors (Lipinski definition) is 2. The summed E-state index contributed by atoms with van der Waals surface area (Å²) in [5.74, 6) is 1.36. The number of aromatic nitrogens is 2. The number of nitrogens with one attached hydrogen (secondary N) is 1. The molecule has 0 bridgehead atoms. The predicted molar refractivity (Wildman–Crippen MR) is 135 cm³/mol. The van der Waals surface area contributed by atoms with Gasteiger partial charge in [-0.2, -0.15) is 0 Å². The lowest BCUT2D eigenvalue weighted by Crippen LogP contribution is -2.12. The first-order valence-electron chi connectivity index (χ1n) is 10.6. The van der Waals surface area contributed by atoms with Crippen molar-refractivity contribution in [3.63, 3.8) is 0 Å². The molecule has 0 aliphatic heterocycles. The maximum absolute atomic E-state index is 13.0. The Morgan fingerprint density at radius 1 is 1.03 bits per heavy atom. The molecule has 0 atom stereocenters. The lowest BCUT2D eigenvalue weighted by atomic mass is 9.98. The van der Waals surface area contributed by atoms with Crippen LogP contribution in [0.15, 0.2) is 65.2 Å². The molecule has 1 amide bonds. The summed E-state index contributed by atoms with van der Waals surface area (Å²) in [4.78, 5) is 19.0. The minimum Gasteiger partial charge on any atom is -0.497 e. The molecule has 34 heavy (non-hydrogen) atoms. The fourth-order valence-electron chi connectivity index (χ4n) is 3.76. The fourth-order valence-corrected chi connectivity index (χ4v) is 4.77. The van der Waals surface area contributed by atoms with Gasteiger partial charge in [-0.3, -0.25) is 4.79 Å². The summed E-state index contributed by atoms with van der Waals surface area (Å²) in [5, 5.41) is 7.35. The second kappa shape index (κ2) is 8.64. The zero-order valence-electron chi connectivity index (χ0n) is 18.9. The molecule has 3 N–H and O–H groups in total. The molecule has 0 unspecified atom stereocenters. The number of carbonyl (C=O) groups is 1. The molecule has 0 saturated carbocycles. The molecule has 0 radical (unpaired) electrons. The van der Waals surface area contributed by atoms with Crippen molar-refractivity contribution in [2.75, 3.05) is 18.2 Å². The summed E-state index contributed by atoms with van der Waals surface area (Å²) in [5.41, 5.74) is 11.7. The minimum absolute atomic E-state index is 0.338. The van der Waals surface area contributed by atoms with Crippen molar-refractivity contribution < 1.29 is 14.1 Å². The van der Waals surface area contributed by atoms with Gasteiger partial charge in [-0.1, -0.05) is 35.0 Å². The predicted octanol–water partition coefficient (Wildman–Crippen LogP) is 6.08. The topological polar surface area (TPSA) is 103 Å². The van der Waals surface area contributed by atoms with Crippen LogP contribution >= 0.6 is 11.3 Å². The number of aryl methyl sites for hydroxylation is 2. The smallest absolute Gasteiger partial charge is 0.269 e. The van der Waals surface area contributed by atoms with Crippen molar-refractivity contribution >= 4 is 39.0 Å². The van der Waals surface area contributed by atoms with Crippen LogP contribution in [-0.2, 0) is 0 Å². The summed E-state index contributed by atoms with van der Waals surface area (Å²) in [7, 11) is 1.64. The van der Waals surface area contributed by atoms with E-state index in [2.05, 4.69) is 34.7 Å². The number of ether oxygens (including phenoxy) is 1. The van der Waals surface area contributed by atoms with Crippen molar-refractivity contribution in [1.82, 2.24) is 10.1 Å². The van der Waals surface area contributed by atoms with E-state index in [1.165, 1.54) is 11.3 Å². The van der Waals surface area contributed by atoms with Crippen LogP contribution in [0.3, 0.4) is 0 Å². The number of methoxy groups -OCH3 is 1. The van der Waals surface area contributed by atoms with Gasteiger partial charge in [0.15, 0.2) is 5.82 Å². The maximum atomic E-state index is 13.0. The van der Waals surface area contributed by atoms with Gasteiger partial charge in [-0.15, -0.1) is 11.3 Å². The number of thiophene rings is 1. The third-order valence-electron chi connectivity index (χ3n) is 5.52. The van der Waals surface area contributed by atoms with E-state index in [9.17, 15) is 4.79 Å². The standard InChI is InChI=1S/C26H22N4O3S/c1-14-4-6-16(7-5-14)19-13-20(17-8-10-18(32-3)11-9-17)28-26-22(19)23(27)24(34-26)25(31)29-21-12-15(2)33-30-21/h4-13H,27H2,1-3H3,(H,29,30,31). The Labute approximate surface area is 200 Å². The Hall–Kier alpha value is -4.17. The largest absolute Gasteiger partial charge is 0.497 e. The van der Waals surface area contributed by atoms with Gasteiger partial charge in [0.2, 0.25) is 0 Å². The number of nitrogens with two attached hydrogens (primary N) is 1. The summed E-state index contributed by atoms with van der Waals surface area (Å²) in [6.07, 6.45) is 0. The number of amides is 1. The Morgan fingerprint density at radius 3 is 2.38 bits per heavy atom. The number of anilines is 2. The molecular weight excluding hydrogens is 448 g/mol. The van der Waals surface area contributed by atoms with Gasteiger partial charge in [-0.05, 0) is 55.3 Å². The molecule has 2 aromatic carbocycles. The molecular formula is C26H22N4O3S. The fraction of sp³-hybridized carbons (Fsp3) is 0.115. The molecule has 7 nitrogen and oxygen atoms in total. The van der Waals surface area contributed by atoms with Crippen molar-refractivity contribution in [1.29, 1.82) is 0 Å². The number of rotatable bonds is 5. The molecule has 0 aliphatic carbocycles. The monoisotopic (exact) mass is 470 g/mol. The Bertz CT molecular complexity index is 1500. The van der Waals surface area contributed by atoms with E-state index < -0.39 is 0 Å². The van der Waals surface area contributed by atoms with Gasteiger partial charge in [0.05, 0.1) is 18.5 Å². The highest BCUT2D eigenvalue weighted by molar-refractivity contribution is 7.21. The SMILES string of the molecule is COc1ccc(-c2cc(-c3ccc(C)cc3)c3c(N)c(C(=O)Nc4cc(C)on4)sc3n2)cc1. The number of fused-ring (bicyclic) bond motifs is 1. The lowest BCUT2D eigenvalue weighted by Gasteiger charge is -2.10. The van der Waals surface area contributed by atoms with Crippen LogP contribution in [0.4, 0.5) is 11.5 Å². The van der Waals surface area contributed by atoms with Gasteiger partial charge in [-0.25, -0.2) is 4.98 Å². The quantitative estimate of drug-likeness (QED) is 0.323. The molecule has 5 rings (SSSR count). The van der Waals surface area contributed by atoms with Crippen molar-refractivity contribution in [2.45, 2.75) is 13.8 Å². The Kier molecular flexibility index (Phi) is 5.51. The van der Waals surface area contributed by atoms with Crippen LogP contribution in [0.25, 0.3) is 32.6 Å². The molecule has 0 saturated heterocycles. The van der Waals surface area contributed by atoms with E-state index in [1.54, 1.807) is 20.1 Å². The van der Waals surface area contributed by atoms with Gasteiger partial charge < -0.3 is 20.3 Å². The number of nitrogen functional groups attached to an aromatic ring is 1. The first-order chi connectivity index (χ1) is 16.4. The summed E-state index contributed by atoms with van der Waals surface area (Å²) < 4.78 is 10.3. The van der Waals surface area contributed by atoms with Crippen molar-refractivity contribution in [2.24, 2.45) is 0 Å². The highest BCUT2D eigenvalue weighted by Gasteiger charge is 2.22. The lowest BCUT2D eigenvalue weighted by molar-refractivity contribution is 0.103. The molecule has 8 heteroatoms. The summed E-state index contributed by atoms with van der Waals surface area (Å²) >= 11 is 1.26. The van der Waals surface area contributed by atoms with E-state index in [1.807, 2.05) is 37.3 Å². The minimum atomic E-state index is -0.352. The van der Waals surface area contributed by atoms with E-state index in [-0.39, 0.29) is 5.91 Å². The van der Waals surface area contributed by atoms with Crippen LogP contribution in [0.2, 0.25) is 0 Å². The number of hydrogen-bond acceptors (Lipinski definition) is 7. The number of benzene rings is 2. The van der Waals surface area contributed by atoms with Gasteiger partial charge in [0.25, 0.3) is 5.91 Å². The maximum Gasteiger partial charge on any atom is 0.269 e. The van der Waals surface area contributed by atoms with Crippen molar-refractivity contribution in [3.05, 3.63) is 76.9 Å². The van der Waals surface area contributed by atoms with Crippen LogP contribution in [0, 0.1) is 13.8 Å². The second-order valence-electron chi connectivity index (χ2n) is 7.95. The summed E-state index contributed by atoms with van der Waals surface area (Å²) in [6, 6.07) is 19.6. The van der Waals surface area contributed by atoms with Crippen LogP contribution in [-0.4, -0.2) is 23.2 Å². The van der Waals surface area contributed by atoms with Crippen molar-refractivity contribution in [3.8, 4) is 28.1 Å². The zero-order chi connectivity index (χ0) is 23.8. The molecule has 0 spiro atoms. The zero-order valence-corrected chi connectivity index (χ0v) is 19.7. The number of carbonyl (C=O) groups excluding carboxylic acids is 1. The third-order valence-corrected chi connectivity index (χ3v) is 6.62. The van der Waals surface area contributed by atoms with Gasteiger partial charge in [0.1, 0.15) is 21.2 Å². The Morgan fingerprint density at radius 2 is 1.74 bits per heavy atom. The summed E-state index contributed by atoms with van der Waals surface area (Å²) in [6.45, 7) is 3.80. The molecule has 170 valence electrons. The average Bonchev–Trinajstić information content (AvgIpc) is 3.41. The molecule has 0 aliphatic rings. The van der Waals surface area contributed by atoms with Crippen LogP contribution in [0.1, 0.15) is 21.0 Å². The Balaban J connectivity index is 1.67. The molecule has 5 aromatic rings. The second-order valence-corrected chi connectivity index (χ2v) is 8.95. The molecule has 0 fully saturated rings. The van der Waals surface area contributed by atoms with E-state index >= 15 is 0 Å². The van der Waals surface area contributed by atoms with E-state index in [0.29, 0.717) is 27.0 Å². The first-order valence-corrected chi connectivity index (χ1v) is 11.4.